The Morgan fingerprint density at radius 2 is 2.19 bits per heavy atom. The summed E-state index contributed by atoms with van der Waals surface area (Å²) in [4.78, 5) is 0. The van der Waals surface area contributed by atoms with Crippen LogP contribution in [-0.2, 0) is 6.42 Å². The van der Waals surface area contributed by atoms with E-state index in [1.165, 1.54) is 24.0 Å². The van der Waals surface area contributed by atoms with Crippen LogP contribution in [0.4, 0.5) is 0 Å². The Morgan fingerprint density at radius 3 is 2.94 bits per heavy atom. The van der Waals surface area contributed by atoms with Crippen molar-refractivity contribution in [2.24, 2.45) is 0 Å². The van der Waals surface area contributed by atoms with E-state index in [2.05, 4.69) is 48.7 Å². The molecule has 0 amide bonds. The second-order valence-corrected chi connectivity index (χ2v) is 4.68. The van der Waals surface area contributed by atoms with Gasteiger partial charge in [0, 0.05) is 6.04 Å². The molecule has 0 heterocycles. The first-order chi connectivity index (χ1) is 7.84. The van der Waals surface area contributed by atoms with E-state index in [-0.39, 0.29) is 0 Å². The second-order valence-electron chi connectivity index (χ2n) is 4.68. The number of aryl methyl sites for hydroxylation is 1. The van der Waals surface area contributed by atoms with Gasteiger partial charge in [-0.25, -0.2) is 0 Å². The van der Waals surface area contributed by atoms with Crippen LogP contribution in [0.2, 0.25) is 0 Å². The SMILES string of the molecule is Cc1cccc(CC=CCCNC2CC2)c1. The highest BCUT2D eigenvalue weighted by atomic mass is 14.9. The first kappa shape index (κ1) is 11.4. The Morgan fingerprint density at radius 1 is 1.31 bits per heavy atom. The summed E-state index contributed by atoms with van der Waals surface area (Å²) in [6.07, 6.45) is 9.55. The molecule has 0 atom stereocenters. The van der Waals surface area contributed by atoms with Gasteiger partial charge in [0.05, 0.1) is 0 Å². The predicted molar refractivity (Wildman–Crippen MR) is 69.7 cm³/mol. The third-order valence-corrected chi connectivity index (χ3v) is 2.92. The van der Waals surface area contributed by atoms with Gasteiger partial charge in [0.2, 0.25) is 0 Å². The molecule has 0 aliphatic heterocycles. The number of nitrogens with one attached hydrogen (secondary N) is 1. The molecule has 0 radical (unpaired) electrons. The van der Waals surface area contributed by atoms with Gasteiger partial charge in [0.25, 0.3) is 0 Å². The summed E-state index contributed by atoms with van der Waals surface area (Å²) in [7, 11) is 0. The molecule has 0 bridgehead atoms. The predicted octanol–water partition coefficient (Wildman–Crippen LogP) is 3.24. The first-order valence-electron chi connectivity index (χ1n) is 6.28. The number of hydrogen-bond donors (Lipinski definition) is 1. The molecule has 0 saturated heterocycles. The normalized spacial score (nSPS) is 15.8. The fourth-order valence-electron chi connectivity index (χ4n) is 1.83. The van der Waals surface area contributed by atoms with Gasteiger partial charge in [-0.1, -0.05) is 42.0 Å². The molecule has 0 aromatic heterocycles. The lowest BCUT2D eigenvalue weighted by Crippen LogP contribution is -2.16. The van der Waals surface area contributed by atoms with Gasteiger partial charge < -0.3 is 5.32 Å². The Hall–Kier alpha value is -1.08. The standard InChI is InChI=1S/C15H21N/c1-13-6-5-8-14(12-13)7-3-2-4-11-16-15-9-10-15/h2-3,5-6,8,12,15-16H,4,7,9-11H2,1H3. The van der Waals surface area contributed by atoms with Crippen molar-refractivity contribution < 1.29 is 0 Å². The van der Waals surface area contributed by atoms with Crippen molar-refractivity contribution in [1.29, 1.82) is 0 Å². The van der Waals surface area contributed by atoms with Gasteiger partial charge in [-0.05, 0) is 44.7 Å². The number of rotatable bonds is 6. The molecule has 1 N–H and O–H groups in total. The van der Waals surface area contributed by atoms with Crippen LogP contribution in [-0.4, -0.2) is 12.6 Å². The smallest absolute Gasteiger partial charge is 0.00683 e. The summed E-state index contributed by atoms with van der Waals surface area (Å²) in [5, 5.41) is 3.51. The molecule has 86 valence electrons. The average Bonchev–Trinajstić information content (AvgIpc) is 3.07. The third-order valence-electron chi connectivity index (χ3n) is 2.92. The molecule has 1 nitrogen and oxygen atoms in total. The highest BCUT2D eigenvalue weighted by Crippen LogP contribution is 2.18. The minimum atomic E-state index is 0.838. The minimum absolute atomic E-state index is 0.838. The van der Waals surface area contributed by atoms with Crippen molar-refractivity contribution in [2.75, 3.05) is 6.54 Å². The summed E-state index contributed by atoms with van der Waals surface area (Å²) in [6.45, 7) is 3.28. The number of allylic oxidation sites excluding steroid dienone is 1. The van der Waals surface area contributed by atoms with E-state index in [0.29, 0.717) is 0 Å². The highest BCUT2D eigenvalue weighted by Gasteiger charge is 2.19. The largest absolute Gasteiger partial charge is 0.314 e. The maximum atomic E-state index is 3.51. The molecule has 16 heavy (non-hydrogen) atoms. The summed E-state index contributed by atoms with van der Waals surface area (Å²) in [5.41, 5.74) is 2.76. The van der Waals surface area contributed by atoms with E-state index in [4.69, 9.17) is 0 Å². The van der Waals surface area contributed by atoms with E-state index in [1.54, 1.807) is 0 Å². The summed E-state index contributed by atoms with van der Waals surface area (Å²) < 4.78 is 0. The van der Waals surface area contributed by atoms with Gasteiger partial charge in [0.1, 0.15) is 0 Å². The lowest BCUT2D eigenvalue weighted by Gasteiger charge is -1.99. The monoisotopic (exact) mass is 215 g/mol. The van der Waals surface area contributed by atoms with E-state index in [1.807, 2.05) is 0 Å². The van der Waals surface area contributed by atoms with E-state index < -0.39 is 0 Å². The van der Waals surface area contributed by atoms with Crippen molar-refractivity contribution in [3.05, 3.63) is 47.5 Å². The van der Waals surface area contributed by atoms with Gasteiger partial charge in [0.15, 0.2) is 0 Å². The lowest BCUT2D eigenvalue weighted by molar-refractivity contribution is 0.690. The molecule has 1 saturated carbocycles. The minimum Gasteiger partial charge on any atom is -0.314 e. The van der Waals surface area contributed by atoms with Crippen LogP contribution in [0, 0.1) is 6.92 Å². The van der Waals surface area contributed by atoms with E-state index >= 15 is 0 Å². The molecule has 1 aliphatic carbocycles. The quantitative estimate of drug-likeness (QED) is 0.567. The van der Waals surface area contributed by atoms with Crippen LogP contribution in [0.5, 0.6) is 0 Å². The Bertz CT molecular complexity index is 350. The molecule has 1 aromatic carbocycles. The molecule has 1 aromatic rings. The molecular weight excluding hydrogens is 194 g/mol. The number of hydrogen-bond acceptors (Lipinski definition) is 1. The van der Waals surface area contributed by atoms with Crippen LogP contribution in [0.3, 0.4) is 0 Å². The van der Waals surface area contributed by atoms with E-state index in [0.717, 1.165) is 25.4 Å². The number of benzene rings is 1. The van der Waals surface area contributed by atoms with Crippen LogP contribution in [0.25, 0.3) is 0 Å². The molecular formula is C15H21N. The Kier molecular flexibility index (Phi) is 4.17. The van der Waals surface area contributed by atoms with Crippen molar-refractivity contribution in [2.45, 2.75) is 38.6 Å². The molecule has 0 spiro atoms. The van der Waals surface area contributed by atoms with Gasteiger partial charge >= 0.3 is 0 Å². The third kappa shape index (κ3) is 4.19. The summed E-state index contributed by atoms with van der Waals surface area (Å²) >= 11 is 0. The topological polar surface area (TPSA) is 12.0 Å². The van der Waals surface area contributed by atoms with Crippen molar-refractivity contribution in [1.82, 2.24) is 5.32 Å². The maximum absolute atomic E-state index is 3.51. The molecule has 2 rings (SSSR count). The molecule has 1 heteroatoms. The summed E-state index contributed by atoms with van der Waals surface area (Å²) in [5.74, 6) is 0. The zero-order chi connectivity index (χ0) is 11.2. The Balaban J connectivity index is 1.63. The van der Waals surface area contributed by atoms with Crippen LogP contribution >= 0.6 is 0 Å². The highest BCUT2D eigenvalue weighted by molar-refractivity contribution is 5.23. The van der Waals surface area contributed by atoms with Crippen LogP contribution in [0.15, 0.2) is 36.4 Å². The van der Waals surface area contributed by atoms with E-state index in [9.17, 15) is 0 Å². The van der Waals surface area contributed by atoms with Gasteiger partial charge in [-0.3, -0.25) is 0 Å². The van der Waals surface area contributed by atoms with Crippen LogP contribution in [0.1, 0.15) is 30.4 Å². The maximum Gasteiger partial charge on any atom is 0.00683 e. The summed E-state index contributed by atoms with van der Waals surface area (Å²) in [6, 6.07) is 9.57. The second kappa shape index (κ2) is 5.86. The van der Waals surface area contributed by atoms with Gasteiger partial charge in [-0.15, -0.1) is 0 Å². The molecule has 1 aliphatic rings. The lowest BCUT2D eigenvalue weighted by atomic mass is 10.1. The van der Waals surface area contributed by atoms with Crippen molar-refractivity contribution in [3.63, 3.8) is 0 Å². The average molecular weight is 215 g/mol. The zero-order valence-corrected chi connectivity index (χ0v) is 10.1. The Labute approximate surface area is 98.6 Å². The van der Waals surface area contributed by atoms with Crippen molar-refractivity contribution >= 4 is 0 Å². The van der Waals surface area contributed by atoms with Crippen molar-refractivity contribution in [3.8, 4) is 0 Å². The fourth-order valence-corrected chi connectivity index (χ4v) is 1.83. The molecule has 0 unspecified atom stereocenters. The fraction of sp³-hybridized carbons (Fsp3) is 0.467. The first-order valence-corrected chi connectivity index (χ1v) is 6.28. The van der Waals surface area contributed by atoms with Gasteiger partial charge in [-0.2, -0.15) is 0 Å². The molecule has 1 fully saturated rings. The van der Waals surface area contributed by atoms with Crippen LogP contribution < -0.4 is 5.32 Å². The zero-order valence-electron chi connectivity index (χ0n) is 10.1.